The molecule has 0 aliphatic carbocycles. The van der Waals surface area contributed by atoms with Gasteiger partial charge in [0.05, 0.1) is 19.9 Å². The number of methoxy groups -OCH3 is 2. The predicted molar refractivity (Wildman–Crippen MR) is 104 cm³/mol. The first-order chi connectivity index (χ1) is 12.7. The van der Waals surface area contributed by atoms with E-state index in [0.29, 0.717) is 34.8 Å². The molecule has 134 valence electrons. The smallest absolute Gasteiger partial charge is 0.229 e. The Bertz CT molecular complexity index is 889. The predicted octanol–water partition coefficient (Wildman–Crippen LogP) is 4.50. The normalized spacial score (nSPS) is 10.3. The molecule has 3 aromatic rings. The van der Waals surface area contributed by atoms with Gasteiger partial charge in [0.1, 0.15) is 17.3 Å². The van der Waals surface area contributed by atoms with E-state index in [9.17, 15) is 0 Å². The number of nitrogens with one attached hydrogen (secondary N) is 2. The van der Waals surface area contributed by atoms with E-state index >= 15 is 0 Å². The largest absolute Gasteiger partial charge is 0.497 e. The lowest BCUT2D eigenvalue weighted by Gasteiger charge is -2.12. The number of aromatic nitrogens is 2. The van der Waals surface area contributed by atoms with E-state index < -0.39 is 0 Å². The third-order valence-corrected chi connectivity index (χ3v) is 4.10. The van der Waals surface area contributed by atoms with E-state index in [1.54, 1.807) is 26.5 Å². The fourth-order valence-corrected chi connectivity index (χ4v) is 2.58. The van der Waals surface area contributed by atoms with E-state index in [2.05, 4.69) is 20.6 Å². The van der Waals surface area contributed by atoms with Crippen LogP contribution in [0.15, 0.2) is 54.7 Å². The van der Waals surface area contributed by atoms with E-state index in [1.807, 2.05) is 42.5 Å². The molecule has 0 amide bonds. The van der Waals surface area contributed by atoms with Crippen molar-refractivity contribution in [1.82, 2.24) is 9.97 Å². The average Bonchev–Trinajstić information content (AvgIpc) is 2.67. The van der Waals surface area contributed by atoms with Gasteiger partial charge in [-0.1, -0.05) is 29.8 Å². The minimum absolute atomic E-state index is 0.445. The SMILES string of the molecule is COc1ccc(OC)c(Nc2nccc(NCc3ccccc3Cl)n2)c1. The standard InChI is InChI=1S/C19H19ClN4O2/c1-25-14-7-8-17(26-2)16(11-14)23-19-21-10-9-18(24-19)22-12-13-5-3-4-6-15(13)20/h3-11H,12H2,1-2H3,(H2,21,22,23,24). The third kappa shape index (κ3) is 4.34. The van der Waals surface area contributed by atoms with E-state index in [-0.39, 0.29) is 0 Å². The minimum Gasteiger partial charge on any atom is -0.497 e. The molecule has 7 heteroatoms. The highest BCUT2D eigenvalue weighted by Gasteiger charge is 2.08. The summed E-state index contributed by atoms with van der Waals surface area (Å²) in [7, 11) is 3.22. The summed E-state index contributed by atoms with van der Waals surface area (Å²) in [6, 6.07) is 15.0. The lowest BCUT2D eigenvalue weighted by molar-refractivity contribution is 0.405. The zero-order chi connectivity index (χ0) is 18.4. The van der Waals surface area contributed by atoms with Gasteiger partial charge in [0.15, 0.2) is 0 Å². The fraction of sp³-hybridized carbons (Fsp3) is 0.158. The molecule has 0 unspecified atom stereocenters. The summed E-state index contributed by atoms with van der Waals surface area (Å²) in [5.41, 5.74) is 1.71. The Morgan fingerprint density at radius 2 is 1.88 bits per heavy atom. The molecular weight excluding hydrogens is 352 g/mol. The molecule has 1 aromatic heterocycles. The van der Waals surface area contributed by atoms with Crippen LogP contribution < -0.4 is 20.1 Å². The molecule has 2 N–H and O–H groups in total. The first kappa shape index (κ1) is 17.8. The summed E-state index contributed by atoms with van der Waals surface area (Å²) >= 11 is 6.18. The van der Waals surface area contributed by atoms with Crippen molar-refractivity contribution in [2.45, 2.75) is 6.54 Å². The Kier molecular flexibility index (Phi) is 5.76. The van der Waals surface area contributed by atoms with Crippen molar-refractivity contribution in [2.24, 2.45) is 0 Å². The van der Waals surface area contributed by atoms with Gasteiger partial charge in [-0.2, -0.15) is 4.98 Å². The van der Waals surface area contributed by atoms with Crippen molar-refractivity contribution < 1.29 is 9.47 Å². The van der Waals surface area contributed by atoms with Gasteiger partial charge in [0.25, 0.3) is 0 Å². The molecule has 1 heterocycles. The molecule has 6 nitrogen and oxygen atoms in total. The molecule has 0 atom stereocenters. The molecule has 0 spiro atoms. The number of nitrogens with zero attached hydrogens (tertiary/aromatic N) is 2. The second kappa shape index (κ2) is 8.40. The number of benzene rings is 2. The van der Waals surface area contributed by atoms with Crippen LogP contribution in [-0.2, 0) is 6.54 Å². The van der Waals surface area contributed by atoms with Crippen LogP contribution in [0.5, 0.6) is 11.5 Å². The lowest BCUT2D eigenvalue weighted by atomic mass is 10.2. The summed E-state index contributed by atoms with van der Waals surface area (Å²) in [6.45, 7) is 0.568. The summed E-state index contributed by atoms with van der Waals surface area (Å²) < 4.78 is 10.6. The highest BCUT2D eigenvalue weighted by molar-refractivity contribution is 6.31. The average molecular weight is 371 g/mol. The maximum atomic E-state index is 6.18. The van der Waals surface area contributed by atoms with Gasteiger partial charge in [-0.3, -0.25) is 0 Å². The van der Waals surface area contributed by atoms with Crippen molar-refractivity contribution in [3.63, 3.8) is 0 Å². The summed E-state index contributed by atoms with van der Waals surface area (Å²) in [5, 5.41) is 7.12. The van der Waals surface area contributed by atoms with Crippen molar-refractivity contribution in [3.8, 4) is 11.5 Å². The van der Waals surface area contributed by atoms with Gasteiger partial charge < -0.3 is 20.1 Å². The molecular formula is C19H19ClN4O2. The first-order valence-electron chi connectivity index (χ1n) is 7.99. The quantitative estimate of drug-likeness (QED) is 0.638. The summed E-state index contributed by atoms with van der Waals surface area (Å²) in [5.74, 6) is 2.51. The first-order valence-corrected chi connectivity index (χ1v) is 8.37. The lowest BCUT2D eigenvalue weighted by Crippen LogP contribution is -2.05. The summed E-state index contributed by atoms with van der Waals surface area (Å²) in [4.78, 5) is 8.72. The molecule has 0 bridgehead atoms. The van der Waals surface area contributed by atoms with Crippen LogP contribution in [0.3, 0.4) is 0 Å². The van der Waals surface area contributed by atoms with Crippen LogP contribution in [0.25, 0.3) is 0 Å². The number of ether oxygens (including phenoxy) is 2. The summed E-state index contributed by atoms with van der Waals surface area (Å²) in [6.07, 6.45) is 1.68. The maximum absolute atomic E-state index is 6.18. The Labute approximate surface area is 157 Å². The second-order valence-corrected chi connectivity index (χ2v) is 5.81. The molecule has 26 heavy (non-hydrogen) atoms. The minimum atomic E-state index is 0.445. The second-order valence-electron chi connectivity index (χ2n) is 5.40. The number of anilines is 3. The number of rotatable bonds is 7. The van der Waals surface area contributed by atoms with Crippen LogP contribution in [0, 0.1) is 0 Å². The molecule has 0 aliphatic rings. The molecule has 2 aromatic carbocycles. The Balaban J connectivity index is 1.74. The molecule has 0 saturated carbocycles. The molecule has 0 saturated heterocycles. The van der Waals surface area contributed by atoms with Gasteiger partial charge in [-0.25, -0.2) is 4.98 Å². The van der Waals surface area contributed by atoms with Crippen LogP contribution in [0.1, 0.15) is 5.56 Å². The highest BCUT2D eigenvalue weighted by atomic mass is 35.5. The number of hydrogen-bond donors (Lipinski definition) is 2. The van der Waals surface area contributed by atoms with Crippen LogP contribution in [0.4, 0.5) is 17.5 Å². The van der Waals surface area contributed by atoms with E-state index in [1.165, 1.54) is 0 Å². The number of hydrogen-bond acceptors (Lipinski definition) is 6. The Morgan fingerprint density at radius 1 is 1.04 bits per heavy atom. The monoisotopic (exact) mass is 370 g/mol. The van der Waals surface area contributed by atoms with Gasteiger partial charge in [-0.05, 0) is 29.8 Å². The maximum Gasteiger partial charge on any atom is 0.229 e. The van der Waals surface area contributed by atoms with Crippen molar-refractivity contribution in [3.05, 3.63) is 65.3 Å². The Morgan fingerprint density at radius 3 is 2.65 bits per heavy atom. The van der Waals surface area contributed by atoms with E-state index in [0.717, 1.165) is 11.3 Å². The van der Waals surface area contributed by atoms with Crippen LogP contribution in [-0.4, -0.2) is 24.2 Å². The van der Waals surface area contributed by atoms with Gasteiger partial charge in [0, 0.05) is 23.8 Å². The molecule has 0 aliphatic heterocycles. The van der Waals surface area contributed by atoms with Gasteiger partial charge >= 0.3 is 0 Å². The highest BCUT2D eigenvalue weighted by Crippen LogP contribution is 2.30. The molecule has 0 radical (unpaired) electrons. The van der Waals surface area contributed by atoms with Gasteiger partial charge in [0.2, 0.25) is 5.95 Å². The number of halogens is 1. The Hall–Kier alpha value is -2.99. The fourth-order valence-electron chi connectivity index (χ4n) is 2.38. The zero-order valence-corrected chi connectivity index (χ0v) is 15.2. The topological polar surface area (TPSA) is 68.3 Å². The van der Waals surface area contributed by atoms with Crippen molar-refractivity contribution >= 4 is 29.1 Å². The van der Waals surface area contributed by atoms with Crippen molar-refractivity contribution in [2.75, 3.05) is 24.9 Å². The van der Waals surface area contributed by atoms with E-state index in [4.69, 9.17) is 21.1 Å². The zero-order valence-electron chi connectivity index (χ0n) is 14.5. The van der Waals surface area contributed by atoms with Crippen LogP contribution >= 0.6 is 11.6 Å². The van der Waals surface area contributed by atoms with Crippen molar-refractivity contribution in [1.29, 1.82) is 0 Å². The van der Waals surface area contributed by atoms with Gasteiger partial charge in [-0.15, -0.1) is 0 Å². The molecule has 0 fully saturated rings. The van der Waals surface area contributed by atoms with Crippen LogP contribution in [0.2, 0.25) is 5.02 Å². The molecule has 3 rings (SSSR count). The third-order valence-electron chi connectivity index (χ3n) is 3.73.